The molecule has 158 valence electrons. The molecule has 1 aliphatic carbocycles. The van der Waals surface area contributed by atoms with Crippen LogP contribution in [0.15, 0.2) is 71.5 Å². The first-order valence-corrected chi connectivity index (χ1v) is 10.3. The highest BCUT2D eigenvalue weighted by Gasteiger charge is 2.29. The minimum absolute atomic E-state index is 0.0609. The predicted octanol–water partition coefficient (Wildman–Crippen LogP) is 3.13. The van der Waals surface area contributed by atoms with Crippen LogP contribution >= 0.6 is 0 Å². The molecule has 2 N–H and O–H groups in total. The maximum Gasteiger partial charge on any atom is 0.272 e. The van der Waals surface area contributed by atoms with E-state index in [9.17, 15) is 14.4 Å². The van der Waals surface area contributed by atoms with Gasteiger partial charge in [0.05, 0.1) is 12.6 Å². The van der Waals surface area contributed by atoms with Crippen molar-refractivity contribution in [3.63, 3.8) is 0 Å². The Morgan fingerprint density at radius 2 is 1.74 bits per heavy atom. The summed E-state index contributed by atoms with van der Waals surface area (Å²) < 4.78 is 1.28. The number of benzene rings is 2. The Bertz CT molecular complexity index is 1140. The third-order valence-corrected chi connectivity index (χ3v) is 5.25. The number of rotatable bonds is 7. The molecule has 1 fully saturated rings. The van der Waals surface area contributed by atoms with Crippen LogP contribution in [0.4, 0.5) is 5.69 Å². The third kappa shape index (κ3) is 5.25. The molecule has 2 aromatic carbocycles. The Morgan fingerprint density at radius 3 is 2.42 bits per heavy atom. The monoisotopic (exact) mass is 416 g/mol. The average Bonchev–Trinajstić information content (AvgIpc) is 3.62. The van der Waals surface area contributed by atoms with Crippen LogP contribution in [0.2, 0.25) is 0 Å². The second kappa shape index (κ2) is 8.95. The van der Waals surface area contributed by atoms with Gasteiger partial charge in [-0.1, -0.05) is 42.5 Å². The van der Waals surface area contributed by atoms with Crippen molar-refractivity contribution in [1.82, 2.24) is 15.1 Å². The molecule has 31 heavy (non-hydrogen) atoms. The van der Waals surface area contributed by atoms with Crippen LogP contribution in [0.5, 0.6) is 0 Å². The zero-order valence-corrected chi connectivity index (χ0v) is 17.2. The van der Waals surface area contributed by atoms with Crippen LogP contribution in [0.3, 0.4) is 0 Å². The van der Waals surface area contributed by atoms with Crippen LogP contribution in [0.25, 0.3) is 0 Å². The normalized spacial score (nSPS) is 14.0. The van der Waals surface area contributed by atoms with E-state index in [1.165, 1.54) is 16.8 Å². The summed E-state index contributed by atoms with van der Waals surface area (Å²) in [4.78, 5) is 36.7. The summed E-state index contributed by atoms with van der Waals surface area (Å²) in [5.74, 6) is -0.151. The minimum Gasteiger partial charge on any atom is -0.344 e. The molecule has 3 aromatic rings. The summed E-state index contributed by atoms with van der Waals surface area (Å²) in [6.07, 6.45) is 1.92. The van der Waals surface area contributed by atoms with E-state index in [-0.39, 0.29) is 35.0 Å². The molecule has 1 saturated carbocycles. The van der Waals surface area contributed by atoms with E-state index >= 15 is 0 Å². The lowest BCUT2D eigenvalue weighted by atomic mass is 10.1. The van der Waals surface area contributed by atoms with Crippen LogP contribution in [0.1, 0.15) is 47.4 Å². The van der Waals surface area contributed by atoms with Gasteiger partial charge in [-0.05, 0) is 49.1 Å². The zero-order chi connectivity index (χ0) is 21.8. The standard InChI is InChI=1S/C24H24N4O3/c1-16(18-9-11-20(12-10-18)26-23(30)19-7-8-19)25-24(31)21-13-14-22(29)28(27-21)15-17-5-3-2-4-6-17/h2-6,9-14,16,19H,7-8,15H2,1H3,(H,25,31)(H,26,30). The Hall–Kier alpha value is -3.74. The van der Waals surface area contributed by atoms with Gasteiger partial charge in [0.15, 0.2) is 0 Å². The van der Waals surface area contributed by atoms with E-state index in [1.54, 1.807) is 0 Å². The van der Waals surface area contributed by atoms with Crippen molar-refractivity contribution in [2.45, 2.75) is 32.4 Å². The maximum atomic E-state index is 12.7. The molecule has 0 radical (unpaired) electrons. The Kier molecular flexibility index (Phi) is 5.93. The number of carbonyl (C=O) groups excluding carboxylic acids is 2. The smallest absolute Gasteiger partial charge is 0.272 e. The largest absolute Gasteiger partial charge is 0.344 e. The highest BCUT2D eigenvalue weighted by atomic mass is 16.2. The van der Waals surface area contributed by atoms with Gasteiger partial charge in [-0.3, -0.25) is 14.4 Å². The fourth-order valence-corrected chi connectivity index (χ4v) is 3.24. The molecule has 1 aromatic heterocycles. The molecule has 1 heterocycles. The molecule has 0 bridgehead atoms. The van der Waals surface area contributed by atoms with E-state index in [2.05, 4.69) is 15.7 Å². The SMILES string of the molecule is CC(NC(=O)c1ccc(=O)n(Cc2ccccc2)n1)c1ccc(NC(=O)C2CC2)cc1. The van der Waals surface area contributed by atoms with Gasteiger partial charge in [-0.15, -0.1) is 0 Å². The summed E-state index contributed by atoms with van der Waals surface area (Å²) in [5, 5.41) is 10.0. The Balaban J connectivity index is 1.41. The van der Waals surface area contributed by atoms with Crippen LogP contribution in [-0.2, 0) is 11.3 Å². The van der Waals surface area contributed by atoms with E-state index in [0.29, 0.717) is 6.54 Å². The fourth-order valence-electron chi connectivity index (χ4n) is 3.24. The van der Waals surface area contributed by atoms with E-state index in [1.807, 2.05) is 61.5 Å². The average molecular weight is 416 g/mol. The molecule has 0 spiro atoms. The van der Waals surface area contributed by atoms with Crippen LogP contribution in [-0.4, -0.2) is 21.6 Å². The molecule has 7 heteroatoms. The number of nitrogens with one attached hydrogen (secondary N) is 2. The third-order valence-electron chi connectivity index (χ3n) is 5.25. The van der Waals surface area contributed by atoms with Crippen molar-refractivity contribution in [3.05, 3.63) is 93.9 Å². The molecule has 1 atom stereocenters. The highest BCUT2D eigenvalue weighted by Crippen LogP contribution is 2.30. The van der Waals surface area contributed by atoms with Crippen molar-refractivity contribution < 1.29 is 9.59 Å². The molecule has 1 unspecified atom stereocenters. The predicted molar refractivity (Wildman–Crippen MR) is 118 cm³/mol. The van der Waals surface area contributed by atoms with Gasteiger partial charge in [0.2, 0.25) is 5.91 Å². The number of hydrogen-bond acceptors (Lipinski definition) is 4. The topological polar surface area (TPSA) is 93.1 Å². The van der Waals surface area contributed by atoms with E-state index in [0.717, 1.165) is 29.7 Å². The molecule has 0 aliphatic heterocycles. The van der Waals surface area contributed by atoms with Gasteiger partial charge in [-0.2, -0.15) is 5.10 Å². The van der Waals surface area contributed by atoms with Crippen LogP contribution in [0, 0.1) is 5.92 Å². The maximum absolute atomic E-state index is 12.7. The summed E-state index contributed by atoms with van der Waals surface area (Å²) in [6, 6.07) is 19.4. The van der Waals surface area contributed by atoms with Gasteiger partial charge in [0, 0.05) is 17.7 Å². The van der Waals surface area contributed by atoms with E-state index < -0.39 is 0 Å². The first-order valence-electron chi connectivity index (χ1n) is 10.3. The van der Waals surface area contributed by atoms with Crippen molar-refractivity contribution in [2.24, 2.45) is 5.92 Å². The number of aromatic nitrogens is 2. The van der Waals surface area contributed by atoms with Crippen LogP contribution < -0.4 is 16.2 Å². The van der Waals surface area contributed by atoms with Gasteiger partial charge in [0.25, 0.3) is 11.5 Å². The molecule has 4 rings (SSSR count). The highest BCUT2D eigenvalue weighted by molar-refractivity contribution is 5.94. The summed E-state index contributed by atoms with van der Waals surface area (Å²) in [5.41, 5.74) is 2.48. The first kappa shape index (κ1) is 20.5. The Morgan fingerprint density at radius 1 is 1.03 bits per heavy atom. The van der Waals surface area contributed by atoms with Crippen molar-refractivity contribution in [2.75, 3.05) is 5.32 Å². The second-order valence-corrected chi connectivity index (χ2v) is 7.78. The summed E-state index contributed by atoms with van der Waals surface area (Å²) >= 11 is 0. The lowest BCUT2D eigenvalue weighted by molar-refractivity contribution is -0.117. The molecular formula is C24H24N4O3. The zero-order valence-electron chi connectivity index (χ0n) is 17.2. The summed E-state index contributed by atoms with van der Waals surface area (Å²) in [7, 11) is 0. The quantitative estimate of drug-likeness (QED) is 0.619. The number of amides is 2. The van der Waals surface area contributed by atoms with E-state index in [4.69, 9.17) is 0 Å². The first-order chi connectivity index (χ1) is 15.0. The number of anilines is 1. The van der Waals surface area contributed by atoms with Gasteiger partial charge < -0.3 is 10.6 Å². The number of nitrogens with zero attached hydrogens (tertiary/aromatic N) is 2. The Labute approximate surface area is 180 Å². The number of hydrogen-bond donors (Lipinski definition) is 2. The summed E-state index contributed by atoms with van der Waals surface area (Å²) in [6.45, 7) is 2.17. The van der Waals surface area contributed by atoms with Crippen molar-refractivity contribution in [1.29, 1.82) is 0 Å². The lowest BCUT2D eigenvalue weighted by Gasteiger charge is -2.15. The second-order valence-electron chi connectivity index (χ2n) is 7.78. The van der Waals surface area contributed by atoms with Crippen molar-refractivity contribution >= 4 is 17.5 Å². The molecular weight excluding hydrogens is 392 g/mol. The van der Waals surface area contributed by atoms with Gasteiger partial charge in [0.1, 0.15) is 5.69 Å². The molecule has 1 aliphatic rings. The molecule has 0 saturated heterocycles. The van der Waals surface area contributed by atoms with Crippen molar-refractivity contribution in [3.8, 4) is 0 Å². The number of carbonyl (C=O) groups is 2. The lowest BCUT2D eigenvalue weighted by Crippen LogP contribution is -2.31. The fraction of sp³-hybridized carbons (Fsp3) is 0.250. The minimum atomic E-state index is -0.361. The molecule has 7 nitrogen and oxygen atoms in total. The van der Waals surface area contributed by atoms with Gasteiger partial charge >= 0.3 is 0 Å². The van der Waals surface area contributed by atoms with Gasteiger partial charge in [-0.25, -0.2) is 4.68 Å². The molecule has 2 amide bonds.